The predicted octanol–water partition coefficient (Wildman–Crippen LogP) is 2.72. The number of halogens is 1. The van der Waals surface area contributed by atoms with Gasteiger partial charge in [0, 0.05) is 10.2 Å². The Morgan fingerprint density at radius 2 is 2.47 bits per heavy atom. The molecule has 2 aromatic rings. The van der Waals surface area contributed by atoms with E-state index in [2.05, 4.69) is 5.32 Å². The molecule has 1 heterocycles. The summed E-state index contributed by atoms with van der Waals surface area (Å²) in [7, 11) is 0. The molecule has 80 valence electrons. The Labute approximate surface area is 92.3 Å². The van der Waals surface area contributed by atoms with Gasteiger partial charge in [-0.05, 0) is 38.0 Å². The fraction of sp³-hybridized carbons (Fsp3) is 0.333. The van der Waals surface area contributed by atoms with Gasteiger partial charge in [0.05, 0.1) is 5.39 Å². The van der Waals surface area contributed by atoms with Crippen LogP contribution in [0.2, 0.25) is 0 Å². The molecular weight excluding hydrogens is 193 g/mol. The lowest BCUT2D eigenvalue weighted by Gasteiger charge is -2.09. The second kappa shape index (κ2) is 4.03. The number of hydrogen-bond donors (Lipinski definition) is 1. The topological polar surface area (TPSA) is 25.2 Å². The van der Waals surface area contributed by atoms with Crippen LogP contribution in [0.5, 0.6) is 0 Å². The summed E-state index contributed by atoms with van der Waals surface area (Å²) in [6, 6.07) is 4.95. The molecular formula is C12H14FNO. The Kier molecular flexibility index (Phi) is 1.88. The number of benzene rings is 1. The van der Waals surface area contributed by atoms with E-state index in [1.54, 1.807) is 25.1 Å². The molecule has 0 amide bonds. The van der Waals surface area contributed by atoms with Crippen molar-refractivity contribution in [1.29, 1.82) is 0 Å². The minimum atomic E-state index is -2.15. The van der Waals surface area contributed by atoms with Gasteiger partial charge < -0.3 is 9.73 Å². The maximum absolute atomic E-state index is 13.2. The van der Waals surface area contributed by atoms with Crippen LogP contribution in [0.25, 0.3) is 11.0 Å². The average molecular weight is 210 g/mol. The fourth-order valence-corrected chi connectivity index (χ4v) is 1.57. The van der Waals surface area contributed by atoms with E-state index < -0.39 is 6.98 Å². The molecule has 0 aliphatic rings. The van der Waals surface area contributed by atoms with Crippen molar-refractivity contribution in [2.24, 2.45) is 0 Å². The average Bonchev–Trinajstić information content (AvgIpc) is 2.57. The van der Waals surface area contributed by atoms with Crippen molar-refractivity contribution in [2.75, 3.05) is 6.98 Å². The van der Waals surface area contributed by atoms with Gasteiger partial charge in [-0.3, -0.25) is 0 Å². The molecule has 0 saturated heterocycles. The molecule has 0 spiro atoms. The van der Waals surface area contributed by atoms with E-state index in [4.69, 9.17) is 8.53 Å². The van der Waals surface area contributed by atoms with Crippen LogP contribution in [-0.2, 0) is 6.42 Å². The molecule has 2 rings (SSSR count). The van der Waals surface area contributed by atoms with Gasteiger partial charge >= 0.3 is 0 Å². The zero-order valence-electron chi connectivity index (χ0n) is 11.4. The molecule has 3 heteroatoms. The Balaban J connectivity index is 2.12. The number of rotatable bonds is 3. The summed E-state index contributed by atoms with van der Waals surface area (Å²) in [4.78, 5) is 0. The van der Waals surface area contributed by atoms with E-state index in [-0.39, 0.29) is 11.9 Å². The highest BCUT2D eigenvalue weighted by Gasteiger charge is 2.07. The van der Waals surface area contributed by atoms with Gasteiger partial charge in [-0.1, -0.05) is 6.07 Å². The van der Waals surface area contributed by atoms with Crippen LogP contribution in [0.4, 0.5) is 4.39 Å². The number of hydrogen-bond acceptors (Lipinski definition) is 2. The SMILES string of the molecule is [2H]C([2H])([2H])NC(C)Cc1ccc2c(F)coc2c1. The van der Waals surface area contributed by atoms with Crippen LogP contribution >= 0.6 is 0 Å². The van der Waals surface area contributed by atoms with Gasteiger partial charge in [0.2, 0.25) is 0 Å². The van der Waals surface area contributed by atoms with Gasteiger partial charge in [0.15, 0.2) is 5.82 Å². The first kappa shape index (κ1) is 7.01. The first-order valence-corrected chi connectivity index (χ1v) is 4.78. The first-order valence-electron chi connectivity index (χ1n) is 6.28. The molecule has 0 saturated carbocycles. The zero-order chi connectivity index (χ0) is 13.3. The molecule has 2 nitrogen and oxygen atoms in total. The molecule has 1 aromatic heterocycles. The number of nitrogens with one attached hydrogen (secondary N) is 1. The molecule has 15 heavy (non-hydrogen) atoms. The van der Waals surface area contributed by atoms with Gasteiger partial charge in [-0.2, -0.15) is 0 Å². The summed E-state index contributed by atoms with van der Waals surface area (Å²) in [5.41, 5.74) is 1.38. The fourth-order valence-electron chi connectivity index (χ4n) is 1.57. The van der Waals surface area contributed by atoms with Crippen molar-refractivity contribution in [3.05, 3.63) is 35.8 Å². The monoisotopic (exact) mass is 210 g/mol. The second-order valence-corrected chi connectivity index (χ2v) is 3.66. The molecule has 0 bridgehead atoms. The minimum Gasteiger partial charge on any atom is -0.461 e. The van der Waals surface area contributed by atoms with Crippen LogP contribution in [0, 0.1) is 5.82 Å². The molecule has 1 aromatic carbocycles. The van der Waals surface area contributed by atoms with Gasteiger partial charge in [-0.25, -0.2) is 4.39 Å². The van der Waals surface area contributed by atoms with Crippen molar-refractivity contribution in [2.45, 2.75) is 19.4 Å². The molecule has 1 N–H and O–H groups in total. The van der Waals surface area contributed by atoms with Gasteiger partial charge in [0.1, 0.15) is 11.8 Å². The highest BCUT2D eigenvalue weighted by atomic mass is 19.1. The predicted molar refractivity (Wildman–Crippen MR) is 58.4 cm³/mol. The quantitative estimate of drug-likeness (QED) is 0.842. The molecule has 0 fully saturated rings. The first-order chi connectivity index (χ1) is 8.35. The largest absolute Gasteiger partial charge is 0.461 e. The lowest BCUT2D eigenvalue weighted by Crippen LogP contribution is -2.23. The molecule has 0 aliphatic carbocycles. The van der Waals surface area contributed by atoms with Crippen LogP contribution in [-0.4, -0.2) is 13.0 Å². The summed E-state index contributed by atoms with van der Waals surface area (Å²) in [5.74, 6) is -0.384. The lowest BCUT2D eigenvalue weighted by molar-refractivity contribution is 0.557. The Morgan fingerprint density at radius 1 is 1.60 bits per heavy atom. The minimum absolute atomic E-state index is 0.199. The number of fused-ring (bicyclic) bond motifs is 1. The normalized spacial score (nSPS) is 17.1. The second-order valence-electron chi connectivity index (χ2n) is 3.66. The van der Waals surface area contributed by atoms with E-state index >= 15 is 0 Å². The third-order valence-electron chi connectivity index (χ3n) is 2.38. The molecule has 0 radical (unpaired) electrons. The van der Waals surface area contributed by atoms with Gasteiger partial charge in [0.25, 0.3) is 0 Å². The van der Waals surface area contributed by atoms with E-state index in [1.807, 2.05) is 0 Å². The van der Waals surface area contributed by atoms with Crippen molar-refractivity contribution in [3.63, 3.8) is 0 Å². The third kappa shape index (κ3) is 2.02. The van der Waals surface area contributed by atoms with E-state index in [0.29, 0.717) is 17.4 Å². The number of furan rings is 1. The van der Waals surface area contributed by atoms with Crippen molar-refractivity contribution in [1.82, 2.24) is 5.32 Å². The maximum Gasteiger partial charge on any atom is 0.169 e. The van der Waals surface area contributed by atoms with Crippen LogP contribution < -0.4 is 5.32 Å². The smallest absolute Gasteiger partial charge is 0.169 e. The maximum atomic E-state index is 13.2. The van der Waals surface area contributed by atoms with E-state index in [0.717, 1.165) is 11.8 Å². The highest BCUT2D eigenvalue weighted by molar-refractivity contribution is 5.78. The van der Waals surface area contributed by atoms with E-state index in [1.165, 1.54) is 0 Å². The van der Waals surface area contributed by atoms with Crippen LogP contribution in [0.15, 0.2) is 28.9 Å². The third-order valence-corrected chi connectivity index (χ3v) is 2.38. The highest BCUT2D eigenvalue weighted by Crippen LogP contribution is 2.21. The van der Waals surface area contributed by atoms with Crippen molar-refractivity contribution in [3.8, 4) is 0 Å². The summed E-state index contributed by atoms with van der Waals surface area (Å²) in [5, 5.41) is 2.96. The zero-order valence-corrected chi connectivity index (χ0v) is 8.38. The van der Waals surface area contributed by atoms with Gasteiger partial charge in [-0.15, -0.1) is 0 Å². The number of likely N-dealkylation sites (N-methyl/N-ethyl adjacent to an activating group) is 1. The molecule has 1 unspecified atom stereocenters. The lowest BCUT2D eigenvalue weighted by atomic mass is 10.1. The van der Waals surface area contributed by atoms with Crippen molar-refractivity contribution >= 4 is 11.0 Å². The van der Waals surface area contributed by atoms with E-state index in [9.17, 15) is 4.39 Å². The molecule has 0 aliphatic heterocycles. The summed E-state index contributed by atoms with van der Waals surface area (Å²) in [6.07, 6.45) is 1.61. The Morgan fingerprint density at radius 3 is 3.27 bits per heavy atom. The Bertz CT molecular complexity index is 550. The summed E-state index contributed by atoms with van der Waals surface area (Å²) in [6.45, 7) is -0.362. The van der Waals surface area contributed by atoms with Crippen molar-refractivity contribution < 1.29 is 12.9 Å². The molecule has 1 atom stereocenters. The summed E-state index contributed by atoms with van der Waals surface area (Å²) < 4.78 is 39.6. The standard InChI is InChI=1S/C12H14FNO/c1-8(14-2)5-9-3-4-10-11(13)7-15-12(10)6-9/h3-4,6-8,14H,5H2,1-2H3/i2D3. The Hall–Kier alpha value is -1.35. The summed E-state index contributed by atoms with van der Waals surface area (Å²) >= 11 is 0. The van der Waals surface area contributed by atoms with Crippen LogP contribution in [0.3, 0.4) is 0 Å². The van der Waals surface area contributed by atoms with Crippen LogP contribution in [0.1, 0.15) is 16.6 Å².